The molecule has 0 atom stereocenters. The molecule has 0 aromatic heterocycles. The van der Waals surface area contributed by atoms with Crippen molar-refractivity contribution in [3.05, 3.63) is 53.6 Å². The predicted molar refractivity (Wildman–Crippen MR) is 138 cm³/mol. The average Bonchev–Trinajstić information content (AvgIpc) is 2.83. The van der Waals surface area contributed by atoms with E-state index in [2.05, 4.69) is 9.93 Å². The predicted octanol–water partition coefficient (Wildman–Crippen LogP) is 4.34. The Labute approximate surface area is 213 Å². The van der Waals surface area contributed by atoms with E-state index in [4.69, 9.17) is 14.2 Å². The molecule has 0 saturated carbocycles. The van der Waals surface area contributed by atoms with Crippen LogP contribution < -0.4 is 14.3 Å². The van der Waals surface area contributed by atoms with Crippen LogP contribution in [0.25, 0.3) is 0 Å². The van der Waals surface area contributed by atoms with E-state index >= 15 is 0 Å². The maximum atomic E-state index is 12.9. The average molecular weight is 518 g/mol. The number of amides is 1. The molecule has 36 heavy (non-hydrogen) atoms. The number of likely N-dealkylation sites (tertiary alicyclic amines) is 1. The topological polar surface area (TPSA) is 107 Å². The zero-order valence-electron chi connectivity index (χ0n) is 21.7. The van der Waals surface area contributed by atoms with E-state index in [0.717, 1.165) is 5.56 Å². The highest BCUT2D eigenvalue weighted by molar-refractivity contribution is 7.89. The number of hydrogen-bond donors (Lipinski definition) is 1. The summed E-state index contributed by atoms with van der Waals surface area (Å²) in [5.41, 5.74) is 1.65. The van der Waals surface area contributed by atoms with E-state index in [0.29, 0.717) is 48.7 Å². The van der Waals surface area contributed by atoms with Gasteiger partial charge in [0.2, 0.25) is 0 Å². The molecule has 9 nitrogen and oxygen atoms in total. The zero-order chi connectivity index (χ0) is 26.5. The lowest BCUT2D eigenvalue weighted by molar-refractivity contribution is 0.0202. The van der Waals surface area contributed by atoms with Gasteiger partial charge in [-0.3, -0.25) is 0 Å². The van der Waals surface area contributed by atoms with Gasteiger partial charge in [-0.15, -0.1) is 0 Å². The summed E-state index contributed by atoms with van der Waals surface area (Å²) in [6.45, 7) is 8.33. The van der Waals surface area contributed by atoms with E-state index in [1.54, 1.807) is 48.4 Å². The summed E-state index contributed by atoms with van der Waals surface area (Å²) in [6.07, 6.45) is 0.836. The Balaban J connectivity index is 1.89. The van der Waals surface area contributed by atoms with Crippen LogP contribution in [0.1, 0.15) is 44.7 Å². The number of piperidine rings is 1. The van der Waals surface area contributed by atoms with Crippen LogP contribution in [0.5, 0.6) is 11.5 Å². The van der Waals surface area contributed by atoms with Crippen LogP contribution >= 0.6 is 0 Å². The number of rotatable bonds is 7. The first-order valence-electron chi connectivity index (χ1n) is 11.8. The molecule has 1 heterocycles. The number of ether oxygens (including phenoxy) is 3. The van der Waals surface area contributed by atoms with Crippen LogP contribution in [0.15, 0.2) is 52.5 Å². The molecular weight excluding hydrogens is 482 g/mol. The minimum atomic E-state index is -3.87. The van der Waals surface area contributed by atoms with Gasteiger partial charge >= 0.3 is 6.09 Å². The summed E-state index contributed by atoms with van der Waals surface area (Å²) in [4.78, 5) is 16.7. The Hall–Kier alpha value is -3.27. The summed E-state index contributed by atoms with van der Waals surface area (Å²) in [5, 5.41) is 4.40. The number of carbonyl (C=O) groups excluding carboxylic acids is 1. The van der Waals surface area contributed by atoms with Crippen molar-refractivity contribution >= 4 is 21.8 Å². The summed E-state index contributed by atoms with van der Waals surface area (Å²) in [7, 11) is -0.780. The van der Waals surface area contributed by atoms with Gasteiger partial charge in [0.1, 0.15) is 5.60 Å². The molecule has 0 aliphatic carbocycles. The largest absolute Gasteiger partial charge is 0.493 e. The fraction of sp³-hybridized carbons (Fsp3) is 0.462. The van der Waals surface area contributed by atoms with Gasteiger partial charge in [-0.25, -0.2) is 4.79 Å². The highest BCUT2D eigenvalue weighted by atomic mass is 32.2. The molecule has 10 heteroatoms. The molecule has 1 N–H and O–H groups in total. The lowest BCUT2D eigenvalue weighted by Gasteiger charge is -2.34. The van der Waals surface area contributed by atoms with Crippen LogP contribution in [0.4, 0.5) is 4.79 Å². The van der Waals surface area contributed by atoms with Crippen molar-refractivity contribution < 1.29 is 27.4 Å². The first kappa shape index (κ1) is 27.3. The van der Waals surface area contributed by atoms with Crippen molar-refractivity contribution in [2.24, 2.45) is 11.0 Å². The third kappa shape index (κ3) is 6.90. The number of carbonyl (C=O) groups is 1. The molecule has 2 aromatic carbocycles. The molecule has 2 aromatic rings. The number of hydrazone groups is 1. The second-order valence-electron chi connectivity index (χ2n) is 9.72. The van der Waals surface area contributed by atoms with Gasteiger partial charge in [0.25, 0.3) is 10.0 Å². The van der Waals surface area contributed by atoms with Crippen LogP contribution in [-0.2, 0) is 14.8 Å². The molecular formula is C26H35N3O6S. The number of aryl methyl sites for hydroxylation is 1. The van der Waals surface area contributed by atoms with Crippen molar-refractivity contribution in [2.45, 2.75) is 51.0 Å². The molecule has 0 bridgehead atoms. The minimum Gasteiger partial charge on any atom is -0.493 e. The van der Waals surface area contributed by atoms with E-state index in [9.17, 15) is 13.2 Å². The summed E-state index contributed by atoms with van der Waals surface area (Å²) < 4.78 is 42.1. The number of sulfonamides is 1. The fourth-order valence-electron chi connectivity index (χ4n) is 3.93. The van der Waals surface area contributed by atoms with Gasteiger partial charge in [0.15, 0.2) is 11.5 Å². The molecule has 1 saturated heterocycles. The van der Waals surface area contributed by atoms with Crippen LogP contribution in [0.3, 0.4) is 0 Å². The van der Waals surface area contributed by atoms with Gasteiger partial charge in [0, 0.05) is 24.6 Å². The Kier molecular flexibility index (Phi) is 8.50. The molecule has 0 unspecified atom stereocenters. The summed E-state index contributed by atoms with van der Waals surface area (Å²) in [5.74, 6) is 0.971. The fourth-order valence-corrected chi connectivity index (χ4v) is 4.75. The van der Waals surface area contributed by atoms with Crippen molar-refractivity contribution in [1.82, 2.24) is 9.73 Å². The van der Waals surface area contributed by atoms with Crippen LogP contribution in [0.2, 0.25) is 0 Å². The van der Waals surface area contributed by atoms with Gasteiger partial charge in [-0.2, -0.15) is 18.4 Å². The minimum absolute atomic E-state index is 0.0949. The molecule has 1 aliphatic rings. The monoisotopic (exact) mass is 517 g/mol. The summed E-state index contributed by atoms with van der Waals surface area (Å²) >= 11 is 0. The van der Waals surface area contributed by atoms with E-state index in [-0.39, 0.29) is 16.9 Å². The maximum Gasteiger partial charge on any atom is 0.410 e. The number of nitrogens with zero attached hydrogens (tertiary/aromatic N) is 2. The molecule has 0 radical (unpaired) electrons. The van der Waals surface area contributed by atoms with Crippen LogP contribution in [0, 0.1) is 12.8 Å². The van der Waals surface area contributed by atoms with Crippen molar-refractivity contribution in [3.8, 4) is 11.5 Å². The highest BCUT2D eigenvalue weighted by Crippen LogP contribution is 2.31. The van der Waals surface area contributed by atoms with E-state index in [1.165, 1.54) is 7.11 Å². The van der Waals surface area contributed by atoms with Gasteiger partial charge in [-0.05, 0) is 70.9 Å². The van der Waals surface area contributed by atoms with E-state index in [1.807, 2.05) is 33.8 Å². The van der Waals surface area contributed by atoms with Gasteiger partial charge in [0.05, 0.1) is 24.8 Å². The normalized spacial score (nSPS) is 15.4. The quantitative estimate of drug-likeness (QED) is 0.433. The Morgan fingerprint density at radius 1 is 1.00 bits per heavy atom. The smallest absolute Gasteiger partial charge is 0.410 e. The van der Waals surface area contributed by atoms with E-state index < -0.39 is 15.6 Å². The molecule has 196 valence electrons. The third-order valence-corrected chi connectivity index (χ3v) is 7.05. The van der Waals surface area contributed by atoms with Crippen molar-refractivity contribution in [3.63, 3.8) is 0 Å². The van der Waals surface area contributed by atoms with Gasteiger partial charge < -0.3 is 19.1 Å². The highest BCUT2D eigenvalue weighted by Gasteiger charge is 2.30. The molecule has 0 spiro atoms. The third-order valence-electron chi connectivity index (χ3n) is 5.83. The molecule has 1 aliphatic heterocycles. The van der Waals surface area contributed by atoms with Gasteiger partial charge in [-0.1, -0.05) is 17.7 Å². The number of nitrogens with one attached hydrogen (secondary N) is 1. The molecule has 1 amide bonds. The summed E-state index contributed by atoms with van der Waals surface area (Å²) in [6, 6.07) is 11.9. The maximum absolute atomic E-state index is 12.9. The molecule has 3 rings (SSSR count). The number of hydrogen-bond acceptors (Lipinski definition) is 7. The Morgan fingerprint density at radius 2 is 1.61 bits per heavy atom. The second-order valence-corrected chi connectivity index (χ2v) is 11.4. The lowest BCUT2D eigenvalue weighted by atomic mass is 9.88. The first-order valence-corrected chi connectivity index (χ1v) is 13.3. The SMILES string of the molecule is COc1ccc(/C(=N/NS(=O)(=O)c2ccc(C)cc2)C2CCN(C(=O)OC(C)(C)C)CC2)cc1OC. The molecule has 1 fully saturated rings. The zero-order valence-corrected chi connectivity index (χ0v) is 22.5. The number of methoxy groups -OCH3 is 2. The second kappa shape index (κ2) is 11.2. The first-order chi connectivity index (χ1) is 16.9. The number of benzene rings is 2. The standard InChI is InChI=1S/C26H35N3O6S/c1-18-7-10-21(11-8-18)36(31,32)28-27-24(20-9-12-22(33-5)23(17-20)34-6)19-13-15-29(16-14-19)25(30)35-26(2,3)4/h7-12,17,19,28H,13-16H2,1-6H3/b27-24+. The van der Waals surface area contributed by atoms with Crippen molar-refractivity contribution in [1.29, 1.82) is 0 Å². The Morgan fingerprint density at radius 3 is 2.17 bits per heavy atom. The van der Waals surface area contributed by atoms with Crippen molar-refractivity contribution in [2.75, 3.05) is 27.3 Å². The lowest BCUT2D eigenvalue weighted by Crippen LogP contribution is -2.43. The Bertz CT molecular complexity index is 1200. The van der Waals surface area contributed by atoms with Crippen LogP contribution in [-0.4, -0.2) is 58.0 Å².